The van der Waals surface area contributed by atoms with Crippen LogP contribution >= 0.6 is 11.8 Å². The van der Waals surface area contributed by atoms with Crippen LogP contribution in [0.25, 0.3) is 0 Å². The van der Waals surface area contributed by atoms with Gasteiger partial charge in [-0.25, -0.2) is 4.98 Å². The largest absolute Gasteiger partial charge is 0.494 e. The zero-order valence-electron chi connectivity index (χ0n) is 11.2. The van der Waals surface area contributed by atoms with Crippen LogP contribution in [0.15, 0.2) is 41.6 Å². The molecule has 0 aliphatic heterocycles. The molecule has 0 bridgehead atoms. The van der Waals surface area contributed by atoms with Gasteiger partial charge in [0.25, 0.3) is 0 Å². The fourth-order valence-corrected chi connectivity index (χ4v) is 3.11. The molecule has 0 amide bonds. The van der Waals surface area contributed by atoms with Crippen molar-refractivity contribution in [2.24, 2.45) is 0 Å². The first-order chi connectivity index (χ1) is 10.1. The minimum atomic E-state index is -0.863. The van der Waals surface area contributed by atoms with E-state index in [-0.39, 0.29) is 23.6 Å². The maximum absolute atomic E-state index is 10.6. The smallest absolute Gasteiger partial charge is 0.303 e. The van der Waals surface area contributed by atoms with E-state index >= 15 is 0 Å². The molecule has 2 aromatic heterocycles. The lowest BCUT2D eigenvalue weighted by atomic mass is 10.2. The summed E-state index contributed by atoms with van der Waals surface area (Å²) in [5.74, 6) is -0.981. The van der Waals surface area contributed by atoms with Crippen LogP contribution in [0.4, 0.5) is 0 Å². The van der Waals surface area contributed by atoms with Crippen molar-refractivity contribution < 1.29 is 20.1 Å². The van der Waals surface area contributed by atoms with Gasteiger partial charge in [-0.3, -0.25) is 9.36 Å². The molecule has 0 spiro atoms. The molecule has 2 rings (SSSR count). The van der Waals surface area contributed by atoms with E-state index in [9.17, 15) is 15.0 Å². The highest BCUT2D eigenvalue weighted by molar-refractivity contribution is 7.99. The number of hydrogen-bond acceptors (Lipinski definition) is 5. The Balaban J connectivity index is 2.16. The van der Waals surface area contributed by atoms with Crippen molar-refractivity contribution in [1.82, 2.24) is 9.55 Å². The van der Waals surface area contributed by atoms with E-state index in [1.165, 1.54) is 28.5 Å². The third-order valence-corrected chi connectivity index (χ3v) is 4.10. The molecular weight excluding hydrogens is 292 g/mol. The van der Waals surface area contributed by atoms with Gasteiger partial charge in [0.05, 0.1) is 10.4 Å². The first-order valence-corrected chi connectivity index (χ1v) is 7.34. The first kappa shape index (κ1) is 15.2. The molecule has 3 N–H and O–H groups in total. The molecule has 0 saturated heterocycles. The Bertz CT molecular complexity index is 581. The Hall–Kier alpha value is -2.15. The van der Waals surface area contributed by atoms with Gasteiger partial charge in [0.2, 0.25) is 0 Å². The van der Waals surface area contributed by atoms with Crippen molar-refractivity contribution in [3.05, 3.63) is 36.5 Å². The molecule has 2 aromatic rings. The molecule has 21 heavy (non-hydrogen) atoms. The van der Waals surface area contributed by atoms with Gasteiger partial charge in [-0.15, -0.1) is 0 Å². The number of aliphatic carboxylic acids is 1. The molecular formula is C14H16N2O4S. The Labute approximate surface area is 126 Å². The second kappa shape index (κ2) is 7.03. The van der Waals surface area contributed by atoms with Gasteiger partial charge in [-0.2, -0.15) is 0 Å². The Morgan fingerprint density at radius 3 is 2.52 bits per heavy atom. The van der Waals surface area contributed by atoms with E-state index in [0.29, 0.717) is 12.8 Å². The number of carbonyl (C=O) groups is 1. The number of rotatable bonds is 7. The zero-order valence-corrected chi connectivity index (χ0v) is 12.0. The van der Waals surface area contributed by atoms with Crippen molar-refractivity contribution in [2.75, 3.05) is 0 Å². The van der Waals surface area contributed by atoms with Crippen LogP contribution in [-0.2, 0) is 4.79 Å². The Morgan fingerprint density at radius 1 is 1.24 bits per heavy atom. The summed E-state index contributed by atoms with van der Waals surface area (Å²) in [5, 5.41) is 28.8. The van der Waals surface area contributed by atoms with Crippen LogP contribution < -0.4 is 0 Å². The number of nitrogens with zero attached hydrogens (tertiary/aromatic N) is 2. The third-order valence-electron chi connectivity index (χ3n) is 2.90. The summed E-state index contributed by atoms with van der Waals surface area (Å²) in [5.41, 5.74) is 0. The van der Waals surface area contributed by atoms with Gasteiger partial charge < -0.3 is 15.3 Å². The minimum Gasteiger partial charge on any atom is -0.494 e. The lowest BCUT2D eigenvalue weighted by Gasteiger charge is -2.19. The summed E-state index contributed by atoms with van der Waals surface area (Å²) in [6, 6.07) is 8.27. The second-order valence-corrected chi connectivity index (χ2v) is 5.64. The van der Waals surface area contributed by atoms with Crippen molar-refractivity contribution in [3.63, 3.8) is 0 Å². The highest BCUT2D eigenvalue weighted by atomic mass is 32.2. The third kappa shape index (κ3) is 4.16. The predicted octanol–water partition coefficient (Wildman–Crippen LogP) is 2.84. The molecule has 1 unspecified atom stereocenters. The normalized spacial score (nSPS) is 12.2. The number of hydrogen-bond donors (Lipinski definition) is 3. The molecule has 6 nitrogen and oxygen atoms in total. The summed E-state index contributed by atoms with van der Waals surface area (Å²) in [6.45, 7) is 0. The fraction of sp³-hybridized carbons (Fsp3) is 0.286. The number of carboxylic acids is 1. The van der Waals surface area contributed by atoms with E-state index < -0.39 is 5.97 Å². The van der Waals surface area contributed by atoms with E-state index in [0.717, 1.165) is 5.03 Å². The Morgan fingerprint density at radius 2 is 1.95 bits per heavy atom. The molecule has 0 aliphatic carbocycles. The maximum atomic E-state index is 10.6. The van der Waals surface area contributed by atoms with E-state index in [1.54, 1.807) is 12.3 Å². The molecule has 2 heterocycles. The lowest BCUT2D eigenvalue weighted by Crippen LogP contribution is -2.06. The SMILES string of the molecule is O=C(O)CCCC(Sc1ccccn1)n1c(O)ccc1O. The van der Waals surface area contributed by atoms with Crippen LogP contribution in [0.1, 0.15) is 24.6 Å². The van der Waals surface area contributed by atoms with Crippen molar-refractivity contribution >= 4 is 17.7 Å². The Kier molecular flexibility index (Phi) is 5.10. The van der Waals surface area contributed by atoms with Crippen molar-refractivity contribution in [3.8, 4) is 11.8 Å². The fourth-order valence-electron chi connectivity index (χ4n) is 1.95. The lowest BCUT2D eigenvalue weighted by molar-refractivity contribution is -0.137. The number of thioether (sulfide) groups is 1. The van der Waals surface area contributed by atoms with E-state index in [4.69, 9.17) is 5.11 Å². The summed E-state index contributed by atoms with van der Waals surface area (Å²) in [4.78, 5) is 14.8. The van der Waals surface area contributed by atoms with E-state index in [1.807, 2.05) is 12.1 Å². The quantitative estimate of drug-likeness (QED) is 0.681. The first-order valence-electron chi connectivity index (χ1n) is 6.46. The van der Waals surface area contributed by atoms with Gasteiger partial charge in [0, 0.05) is 24.8 Å². The molecule has 0 fully saturated rings. The van der Waals surface area contributed by atoms with Gasteiger partial charge in [0.15, 0.2) is 11.8 Å². The van der Waals surface area contributed by atoms with Crippen LogP contribution in [0.3, 0.4) is 0 Å². The molecule has 1 atom stereocenters. The molecule has 7 heteroatoms. The minimum absolute atomic E-state index is 0.0437. The topological polar surface area (TPSA) is 95.6 Å². The van der Waals surface area contributed by atoms with Gasteiger partial charge >= 0.3 is 5.97 Å². The van der Waals surface area contributed by atoms with Crippen LogP contribution in [0, 0.1) is 0 Å². The molecule has 0 aliphatic rings. The zero-order chi connectivity index (χ0) is 15.2. The molecule has 0 saturated carbocycles. The van der Waals surface area contributed by atoms with Gasteiger partial charge in [-0.1, -0.05) is 17.8 Å². The van der Waals surface area contributed by atoms with Crippen LogP contribution in [0.2, 0.25) is 0 Å². The predicted molar refractivity (Wildman–Crippen MR) is 78.4 cm³/mol. The summed E-state index contributed by atoms with van der Waals surface area (Å²) in [6.07, 6.45) is 2.63. The van der Waals surface area contributed by atoms with E-state index in [2.05, 4.69) is 4.98 Å². The number of pyridine rings is 1. The van der Waals surface area contributed by atoms with Crippen LogP contribution in [0.5, 0.6) is 11.8 Å². The molecule has 112 valence electrons. The average Bonchev–Trinajstić information content (AvgIpc) is 2.78. The van der Waals surface area contributed by atoms with Crippen LogP contribution in [-0.4, -0.2) is 30.8 Å². The van der Waals surface area contributed by atoms with Crippen molar-refractivity contribution in [1.29, 1.82) is 0 Å². The number of carboxylic acid groups (broad SMARTS) is 1. The summed E-state index contributed by atoms with van der Waals surface area (Å²) >= 11 is 1.37. The second-order valence-electron chi connectivity index (χ2n) is 4.45. The highest BCUT2D eigenvalue weighted by Crippen LogP contribution is 2.39. The number of aromatic nitrogens is 2. The summed E-state index contributed by atoms with van der Waals surface area (Å²) < 4.78 is 1.38. The molecule has 0 radical (unpaired) electrons. The molecule has 0 aromatic carbocycles. The monoisotopic (exact) mass is 308 g/mol. The average molecular weight is 308 g/mol. The number of aromatic hydroxyl groups is 2. The highest BCUT2D eigenvalue weighted by Gasteiger charge is 2.19. The standard InChI is InChI=1S/C14H16N2O4S/c17-11-7-8-12(18)16(11)13(5-3-6-14(19)20)21-10-4-1-2-9-15-10/h1-2,4,7-9,13,17-18H,3,5-6H2,(H,19,20). The summed E-state index contributed by atoms with van der Waals surface area (Å²) in [7, 11) is 0. The maximum Gasteiger partial charge on any atom is 0.303 e. The van der Waals surface area contributed by atoms with Crippen molar-refractivity contribution in [2.45, 2.75) is 29.7 Å². The van der Waals surface area contributed by atoms with Gasteiger partial charge in [0.1, 0.15) is 0 Å². The van der Waals surface area contributed by atoms with Gasteiger partial charge in [-0.05, 0) is 25.0 Å².